The van der Waals surface area contributed by atoms with Gasteiger partial charge >= 0.3 is 7.69 Å². The quantitative estimate of drug-likeness (QED) is 0.794. The van der Waals surface area contributed by atoms with Crippen molar-refractivity contribution >= 4 is 7.69 Å². The minimum absolute atomic E-state index is 0.194. The highest BCUT2D eigenvalue weighted by molar-refractivity contribution is 6.17. The Labute approximate surface area is 104 Å². The maximum atomic E-state index is 8.83. The van der Waals surface area contributed by atoms with Gasteiger partial charge in [-0.3, -0.25) is 0 Å². The summed E-state index contributed by atoms with van der Waals surface area (Å²) in [7, 11) is -0.261. The molecule has 1 aliphatic rings. The van der Waals surface area contributed by atoms with Crippen LogP contribution >= 0.6 is 0 Å². The Hall–Kier alpha value is -0.955. The van der Waals surface area contributed by atoms with E-state index in [1.807, 2.05) is 6.07 Å². The first kappa shape index (κ1) is 12.5. The van der Waals surface area contributed by atoms with E-state index < -0.39 is 0 Å². The molecule has 0 saturated heterocycles. The van der Waals surface area contributed by atoms with Gasteiger partial charge in [-0.05, 0) is 46.9 Å². The van der Waals surface area contributed by atoms with Crippen LogP contribution in [0.5, 0.6) is 5.75 Å². The molecule has 2 nitrogen and oxygen atoms in total. The smallest absolute Gasteiger partial charge is 0.504 e. The number of benzene rings is 1. The molecule has 17 heavy (non-hydrogen) atoms. The summed E-state index contributed by atoms with van der Waals surface area (Å²) < 4.78 is 5.19. The van der Waals surface area contributed by atoms with Crippen molar-refractivity contribution in [2.45, 2.75) is 51.4 Å². The van der Waals surface area contributed by atoms with Crippen LogP contribution < -0.4 is 4.65 Å². The summed E-state index contributed by atoms with van der Waals surface area (Å²) in [6.45, 7) is 9.16. The van der Waals surface area contributed by atoms with Gasteiger partial charge in [0.05, 0.1) is 0 Å². The predicted molar refractivity (Wildman–Crippen MR) is 71.7 cm³/mol. The molecule has 0 bridgehead atoms. The second kappa shape index (κ2) is 4.06. The van der Waals surface area contributed by atoms with Crippen molar-refractivity contribution in [2.24, 2.45) is 0 Å². The largest absolute Gasteiger partial charge is 0.539 e. The van der Waals surface area contributed by atoms with Crippen LogP contribution in [0.4, 0.5) is 0 Å². The second-order valence-corrected chi connectivity index (χ2v) is 6.25. The lowest BCUT2D eigenvalue weighted by atomic mass is 9.63. The average Bonchev–Trinajstić information content (AvgIpc) is 2.26. The van der Waals surface area contributed by atoms with Gasteiger partial charge in [0.25, 0.3) is 0 Å². The van der Waals surface area contributed by atoms with E-state index in [9.17, 15) is 0 Å². The van der Waals surface area contributed by atoms with Gasteiger partial charge in [-0.1, -0.05) is 33.8 Å². The minimum atomic E-state index is -0.261. The number of hydrogen-bond acceptors (Lipinski definition) is 2. The van der Waals surface area contributed by atoms with Crippen molar-refractivity contribution in [2.75, 3.05) is 0 Å². The fraction of sp³-hybridized carbons (Fsp3) is 0.571. The third-order valence-electron chi connectivity index (χ3n) is 4.06. The Morgan fingerprint density at radius 2 is 1.65 bits per heavy atom. The van der Waals surface area contributed by atoms with Crippen LogP contribution in [0.2, 0.25) is 0 Å². The SMILES string of the molecule is CC1(C)CCC(C)(C)c2cc(OBO)ccc21. The van der Waals surface area contributed by atoms with Gasteiger partial charge in [0.2, 0.25) is 0 Å². The lowest BCUT2D eigenvalue weighted by Gasteiger charge is -2.41. The van der Waals surface area contributed by atoms with Crippen molar-refractivity contribution < 1.29 is 9.68 Å². The van der Waals surface area contributed by atoms with Crippen LogP contribution in [0.1, 0.15) is 51.7 Å². The summed E-state index contributed by atoms with van der Waals surface area (Å²) in [4.78, 5) is 0. The molecule has 0 aliphatic heterocycles. The van der Waals surface area contributed by atoms with Gasteiger partial charge in [-0.2, -0.15) is 0 Å². The summed E-state index contributed by atoms with van der Waals surface area (Å²) in [5.74, 6) is 0.761. The van der Waals surface area contributed by atoms with E-state index in [2.05, 4.69) is 39.8 Å². The molecule has 3 heteroatoms. The molecular weight excluding hydrogens is 211 g/mol. The first-order valence-corrected chi connectivity index (χ1v) is 6.25. The van der Waals surface area contributed by atoms with E-state index >= 15 is 0 Å². The molecule has 0 spiro atoms. The van der Waals surface area contributed by atoms with Gasteiger partial charge in [0.15, 0.2) is 0 Å². The van der Waals surface area contributed by atoms with Crippen molar-refractivity contribution in [3.8, 4) is 5.75 Å². The maximum absolute atomic E-state index is 8.83. The van der Waals surface area contributed by atoms with Crippen molar-refractivity contribution in [1.82, 2.24) is 0 Å². The first-order chi connectivity index (χ1) is 7.87. The monoisotopic (exact) mass is 232 g/mol. The molecular formula is C14H21BO2. The van der Waals surface area contributed by atoms with Crippen LogP contribution in [0, 0.1) is 0 Å². The summed E-state index contributed by atoms with van der Waals surface area (Å²) in [6, 6.07) is 6.20. The van der Waals surface area contributed by atoms with E-state index in [0.717, 1.165) is 5.75 Å². The average molecular weight is 232 g/mol. The Kier molecular flexibility index (Phi) is 2.98. The fourth-order valence-electron chi connectivity index (χ4n) is 2.73. The zero-order chi connectivity index (χ0) is 12.7. The predicted octanol–water partition coefficient (Wildman–Crippen LogP) is 2.67. The Balaban J connectivity index is 2.52. The standard InChI is InChI=1S/C14H21BO2/c1-13(2)7-8-14(3,4)12-9-10(17-15-16)5-6-11(12)13/h5-6,9,15-16H,7-8H2,1-4H3. The highest BCUT2D eigenvalue weighted by Crippen LogP contribution is 2.46. The van der Waals surface area contributed by atoms with E-state index in [-0.39, 0.29) is 18.5 Å². The molecule has 92 valence electrons. The third kappa shape index (κ3) is 2.21. The molecule has 0 amide bonds. The molecule has 1 aromatic rings. The molecule has 0 atom stereocenters. The molecule has 0 heterocycles. The highest BCUT2D eigenvalue weighted by Gasteiger charge is 2.36. The van der Waals surface area contributed by atoms with Gasteiger partial charge < -0.3 is 9.68 Å². The molecule has 0 radical (unpaired) electrons. The lowest BCUT2D eigenvalue weighted by molar-refractivity contribution is 0.330. The van der Waals surface area contributed by atoms with Crippen molar-refractivity contribution in [1.29, 1.82) is 0 Å². The van der Waals surface area contributed by atoms with E-state index in [1.165, 1.54) is 24.0 Å². The molecule has 1 aromatic carbocycles. The lowest BCUT2D eigenvalue weighted by Crippen LogP contribution is -2.33. The molecule has 1 N–H and O–H groups in total. The van der Waals surface area contributed by atoms with Crippen molar-refractivity contribution in [3.05, 3.63) is 29.3 Å². The first-order valence-electron chi connectivity index (χ1n) is 6.25. The number of rotatable bonds is 2. The van der Waals surface area contributed by atoms with Crippen LogP contribution in [-0.2, 0) is 10.8 Å². The summed E-state index contributed by atoms with van der Waals surface area (Å²) >= 11 is 0. The number of fused-ring (bicyclic) bond motifs is 1. The van der Waals surface area contributed by atoms with E-state index in [0.29, 0.717) is 0 Å². The van der Waals surface area contributed by atoms with Crippen LogP contribution in [0.25, 0.3) is 0 Å². The van der Waals surface area contributed by atoms with E-state index in [4.69, 9.17) is 9.68 Å². The summed E-state index contributed by atoms with van der Waals surface area (Å²) in [5, 5.41) is 8.83. The zero-order valence-corrected chi connectivity index (χ0v) is 11.2. The molecule has 0 saturated carbocycles. The minimum Gasteiger partial charge on any atom is -0.539 e. The molecule has 0 unspecified atom stereocenters. The van der Waals surface area contributed by atoms with Gasteiger partial charge in [0, 0.05) is 0 Å². The van der Waals surface area contributed by atoms with Crippen LogP contribution in [0.3, 0.4) is 0 Å². The molecule has 0 aromatic heterocycles. The zero-order valence-electron chi connectivity index (χ0n) is 11.2. The van der Waals surface area contributed by atoms with Gasteiger partial charge in [-0.15, -0.1) is 0 Å². The third-order valence-corrected chi connectivity index (χ3v) is 4.06. The Morgan fingerprint density at radius 1 is 1.06 bits per heavy atom. The normalized spacial score (nSPS) is 20.5. The number of hydrogen-bond donors (Lipinski definition) is 1. The van der Waals surface area contributed by atoms with E-state index in [1.54, 1.807) is 0 Å². The maximum Gasteiger partial charge on any atom is 0.504 e. The highest BCUT2D eigenvalue weighted by atomic mass is 16.5. The Morgan fingerprint density at radius 3 is 2.24 bits per heavy atom. The second-order valence-electron chi connectivity index (χ2n) is 6.25. The van der Waals surface area contributed by atoms with Gasteiger partial charge in [-0.25, -0.2) is 0 Å². The summed E-state index contributed by atoms with van der Waals surface area (Å²) in [5.41, 5.74) is 3.21. The molecule has 2 rings (SSSR count). The van der Waals surface area contributed by atoms with Crippen LogP contribution in [-0.4, -0.2) is 12.7 Å². The topological polar surface area (TPSA) is 29.5 Å². The van der Waals surface area contributed by atoms with Crippen molar-refractivity contribution in [3.63, 3.8) is 0 Å². The molecule has 0 fully saturated rings. The fourth-order valence-corrected chi connectivity index (χ4v) is 2.73. The summed E-state index contributed by atoms with van der Waals surface area (Å²) in [6.07, 6.45) is 2.41. The van der Waals surface area contributed by atoms with Crippen LogP contribution in [0.15, 0.2) is 18.2 Å². The van der Waals surface area contributed by atoms with Gasteiger partial charge in [0.1, 0.15) is 5.75 Å². The Bertz CT molecular complexity index is 424. The molecule has 1 aliphatic carbocycles.